The van der Waals surface area contributed by atoms with Gasteiger partial charge in [-0.2, -0.15) is 23.3 Å². The molecule has 1 N–H and O–H groups in total. The predicted octanol–water partition coefficient (Wildman–Crippen LogP) is 6.75. The van der Waals surface area contributed by atoms with Gasteiger partial charge in [0.05, 0.1) is 11.4 Å². The van der Waals surface area contributed by atoms with Crippen LogP contribution in [0.15, 0.2) is 71.4 Å². The summed E-state index contributed by atoms with van der Waals surface area (Å²) in [5, 5.41) is 17.2. The van der Waals surface area contributed by atoms with E-state index in [-0.39, 0.29) is 34.4 Å². The zero-order valence-electron chi connectivity index (χ0n) is 18.0. The van der Waals surface area contributed by atoms with Gasteiger partial charge in [-0.3, -0.25) is 4.68 Å². The van der Waals surface area contributed by atoms with E-state index in [0.29, 0.717) is 33.0 Å². The minimum Gasteiger partial charge on any atom is -0.476 e. The normalized spacial score (nSPS) is 11.7. The van der Waals surface area contributed by atoms with Crippen LogP contribution in [-0.2, 0) is 12.7 Å². The molecule has 0 amide bonds. The number of carbonyl (C=O) groups is 1. The molecule has 0 saturated heterocycles. The first-order valence-corrected chi connectivity index (χ1v) is 11.5. The Morgan fingerprint density at radius 3 is 2.53 bits per heavy atom. The van der Waals surface area contributed by atoms with Gasteiger partial charge in [0, 0.05) is 22.3 Å². The van der Waals surface area contributed by atoms with Crippen LogP contribution in [-0.4, -0.2) is 31.0 Å². The Hall–Kier alpha value is -3.96. The number of carboxylic acids is 1. The van der Waals surface area contributed by atoms with Gasteiger partial charge < -0.3 is 9.63 Å². The summed E-state index contributed by atoms with van der Waals surface area (Å²) in [6.07, 6.45) is -3.01. The number of hydrogen-bond acceptors (Lipinski definition) is 6. The fraction of sp³-hybridized carbons (Fsp3) is 0.0833. The van der Waals surface area contributed by atoms with E-state index in [1.54, 1.807) is 48.5 Å². The fourth-order valence-electron chi connectivity index (χ4n) is 3.53. The van der Waals surface area contributed by atoms with Crippen LogP contribution in [0.1, 0.15) is 20.9 Å². The highest BCUT2D eigenvalue weighted by Crippen LogP contribution is 2.45. The molecule has 0 unspecified atom stereocenters. The standard InChI is InChI=1S/C24H14ClF3N4O3S/c25-17-10-14(6-7-15(17)12-32-9-8-18(30-32)23(33)34)21-29-22(35-31-21)19-11-16(13-4-2-1-3-5-13)20(36-19)24(26,27)28/h1-11H,12H2,(H,33,34). The lowest BCUT2D eigenvalue weighted by Crippen LogP contribution is -2.04. The van der Waals surface area contributed by atoms with E-state index in [1.165, 1.54) is 23.0 Å². The van der Waals surface area contributed by atoms with Crippen LogP contribution in [0, 0.1) is 0 Å². The number of rotatable bonds is 6. The molecule has 12 heteroatoms. The van der Waals surface area contributed by atoms with Gasteiger partial charge in [-0.15, -0.1) is 11.3 Å². The molecule has 182 valence electrons. The molecule has 0 aliphatic rings. The van der Waals surface area contributed by atoms with Gasteiger partial charge in [0.1, 0.15) is 4.88 Å². The highest BCUT2D eigenvalue weighted by atomic mass is 35.5. The summed E-state index contributed by atoms with van der Waals surface area (Å²) in [6, 6.07) is 16.0. The number of thiophene rings is 1. The van der Waals surface area contributed by atoms with Crippen molar-refractivity contribution in [3.63, 3.8) is 0 Å². The van der Waals surface area contributed by atoms with Crippen molar-refractivity contribution in [2.45, 2.75) is 12.7 Å². The molecular weight excluding hydrogens is 517 g/mol. The second-order valence-electron chi connectivity index (χ2n) is 7.65. The molecule has 0 atom stereocenters. The zero-order chi connectivity index (χ0) is 25.4. The van der Waals surface area contributed by atoms with Crippen LogP contribution < -0.4 is 0 Å². The molecule has 3 aromatic heterocycles. The number of nitrogens with zero attached hydrogens (tertiary/aromatic N) is 4. The lowest BCUT2D eigenvalue weighted by Gasteiger charge is -2.07. The number of benzene rings is 2. The van der Waals surface area contributed by atoms with Gasteiger partial charge >= 0.3 is 12.1 Å². The molecule has 5 aromatic rings. The molecule has 3 heterocycles. The Morgan fingerprint density at radius 2 is 1.86 bits per heavy atom. The van der Waals surface area contributed by atoms with Crippen molar-refractivity contribution in [1.29, 1.82) is 0 Å². The van der Waals surface area contributed by atoms with Crippen LogP contribution in [0.3, 0.4) is 0 Å². The van der Waals surface area contributed by atoms with E-state index < -0.39 is 17.0 Å². The zero-order valence-corrected chi connectivity index (χ0v) is 19.6. The SMILES string of the molecule is O=C(O)c1ccn(Cc2ccc(-c3noc(-c4cc(-c5ccccc5)c(C(F)(F)F)s4)n3)cc2Cl)n1. The summed E-state index contributed by atoms with van der Waals surface area (Å²) in [4.78, 5) is 14.7. The van der Waals surface area contributed by atoms with Crippen LogP contribution in [0.25, 0.3) is 33.3 Å². The van der Waals surface area contributed by atoms with Crippen molar-refractivity contribution in [2.75, 3.05) is 0 Å². The van der Waals surface area contributed by atoms with Crippen molar-refractivity contribution >= 4 is 28.9 Å². The summed E-state index contributed by atoms with van der Waals surface area (Å²) < 4.78 is 47.8. The third kappa shape index (κ3) is 4.75. The van der Waals surface area contributed by atoms with Crippen LogP contribution >= 0.6 is 22.9 Å². The van der Waals surface area contributed by atoms with Gasteiger partial charge in [0.15, 0.2) is 5.69 Å². The van der Waals surface area contributed by atoms with E-state index in [9.17, 15) is 18.0 Å². The van der Waals surface area contributed by atoms with Crippen molar-refractivity contribution in [3.05, 3.63) is 88.0 Å². The molecule has 36 heavy (non-hydrogen) atoms. The van der Waals surface area contributed by atoms with Crippen molar-refractivity contribution in [1.82, 2.24) is 19.9 Å². The number of aromatic carboxylic acids is 1. The number of carboxylic acid groups (broad SMARTS) is 1. The monoisotopic (exact) mass is 530 g/mol. The lowest BCUT2D eigenvalue weighted by molar-refractivity contribution is -0.133. The number of hydrogen-bond donors (Lipinski definition) is 1. The maximum atomic E-state index is 13.7. The van der Waals surface area contributed by atoms with Gasteiger partial charge in [0.2, 0.25) is 5.82 Å². The van der Waals surface area contributed by atoms with Crippen molar-refractivity contribution in [2.24, 2.45) is 0 Å². The highest BCUT2D eigenvalue weighted by molar-refractivity contribution is 7.16. The van der Waals surface area contributed by atoms with E-state index in [2.05, 4.69) is 15.2 Å². The average Bonchev–Trinajstić information content (AvgIpc) is 3.60. The first-order valence-electron chi connectivity index (χ1n) is 10.3. The van der Waals surface area contributed by atoms with Gasteiger partial charge in [0.25, 0.3) is 5.89 Å². The molecule has 2 aromatic carbocycles. The average molecular weight is 531 g/mol. The number of alkyl halides is 3. The maximum Gasteiger partial charge on any atom is 0.426 e. The summed E-state index contributed by atoms with van der Waals surface area (Å²) in [5.41, 5.74) is 1.56. The van der Waals surface area contributed by atoms with E-state index in [1.807, 2.05) is 0 Å². The van der Waals surface area contributed by atoms with Crippen molar-refractivity contribution in [3.8, 4) is 33.3 Å². The number of aromatic nitrogens is 4. The lowest BCUT2D eigenvalue weighted by atomic mass is 10.1. The van der Waals surface area contributed by atoms with Gasteiger partial charge in [-0.1, -0.05) is 59.2 Å². The van der Waals surface area contributed by atoms with E-state index in [0.717, 1.165) is 0 Å². The predicted molar refractivity (Wildman–Crippen MR) is 127 cm³/mol. The Morgan fingerprint density at radius 1 is 1.08 bits per heavy atom. The largest absolute Gasteiger partial charge is 0.476 e. The molecule has 0 aliphatic carbocycles. The Labute approximate surface area is 210 Å². The van der Waals surface area contributed by atoms with Crippen LogP contribution in [0.2, 0.25) is 5.02 Å². The van der Waals surface area contributed by atoms with Gasteiger partial charge in [-0.25, -0.2) is 4.79 Å². The maximum absolute atomic E-state index is 13.7. The Balaban J connectivity index is 1.42. The quantitative estimate of drug-likeness (QED) is 0.261. The van der Waals surface area contributed by atoms with Crippen molar-refractivity contribution < 1.29 is 27.6 Å². The first kappa shape index (κ1) is 23.8. The summed E-state index contributed by atoms with van der Waals surface area (Å²) in [5.74, 6) is -1.01. The molecule has 0 bridgehead atoms. The molecule has 0 spiro atoms. The molecular formula is C24H14ClF3N4O3S. The smallest absolute Gasteiger partial charge is 0.426 e. The summed E-state index contributed by atoms with van der Waals surface area (Å²) >= 11 is 6.93. The Kier molecular flexibility index (Phi) is 6.10. The minimum atomic E-state index is -4.54. The van der Waals surface area contributed by atoms with Crippen LogP contribution in [0.4, 0.5) is 13.2 Å². The molecule has 0 radical (unpaired) electrons. The third-order valence-electron chi connectivity index (χ3n) is 5.21. The first-order chi connectivity index (χ1) is 17.2. The van der Waals surface area contributed by atoms with Crippen LogP contribution in [0.5, 0.6) is 0 Å². The second-order valence-corrected chi connectivity index (χ2v) is 9.11. The topological polar surface area (TPSA) is 94.0 Å². The highest BCUT2D eigenvalue weighted by Gasteiger charge is 2.37. The molecule has 5 rings (SSSR count). The minimum absolute atomic E-state index is 0.0411. The second kappa shape index (κ2) is 9.25. The molecule has 0 fully saturated rings. The summed E-state index contributed by atoms with van der Waals surface area (Å²) in [7, 11) is 0. The van der Waals surface area contributed by atoms with E-state index in [4.69, 9.17) is 21.2 Å². The molecule has 0 aliphatic heterocycles. The van der Waals surface area contributed by atoms with Gasteiger partial charge in [-0.05, 0) is 29.3 Å². The molecule has 0 saturated carbocycles. The third-order valence-corrected chi connectivity index (χ3v) is 6.73. The van der Waals surface area contributed by atoms with E-state index >= 15 is 0 Å². The number of halogens is 4. The fourth-order valence-corrected chi connectivity index (χ4v) is 4.74. The summed E-state index contributed by atoms with van der Waals surface area (Å²) in [6.45, 7) is 0.238. The Bertz CT molecular complexity index is 1560. The molecule has 7 nitrogen and oxygen atoms in total.